The highest BCUT2D eigenvalue weighted by Gasteiger charge is 2.20. The van der Waals surface area contributed by atoms with Crippen LogP contribution in [-0.4, -0.2) is 10.9 Å². The lowest BCUT2D eigenvalue weighted by Crippen LogP contribution is -2.15. The summed E-state index contributed by atoms with van der Waals surface area (Å²) >= 11 is 1.53. The fourth-order valence-electron chi connectivity index (χ4n) is 0.950. The lowest BCUT2D eigenvalue weighted by atomic mass is 10.1. The van der Waals surface area contributed by atoms with E-state index in [9.17, 15) is 13.6 Å². The standard InChI is InChI=1S/C8H4F2IN3O/c9-6(10)5-3(2-12)1-4(8(13)15)14-7(5)11/h1,6H,(H2,13,15). The summed E-state index contributed by atoms with van der Waals surface area (Å²) in [5.74, 6) is -0.856. The number of hydrogen-bond donors (Lipinski definition) is 1. The van der Waals surface area contributed by atoms with Crippen molar-refractivity contribution in [1.82, 2.24) is 4.98 Å². The third-order valence-electron chi connectivity index (χ3n) is 1.60. The fraction of sp³-hybridized carbons (Fsp3) is 0.125. The number of nitriles is 1. The van der Waals surface area contributed by atoms with Crippen molar-refractivity contribution in [2.24, 2.45) is 5.73 Å². The zero-order valence-electron chi connectivity index (χ0n) is 7.17. The van der Waals surface area contributed by atoms with Gasteiger partial charge in [0, 0.05) is 0 Å². The van der Waals surface area contributed by atoms with Gasteiger partial charge in [0.25, 0.3) is 12.3 Å². The van der Waals surface area contributed by atoms with Crippen molar-refractivity contribution in [2.45, 2.75) is 6.43 Å². The molecule has 1 amide bonds. The zero-order chi connectivity index (χ0) is 11.6. The predicted octanol–water partition coefficient (Wildman–Crippen LogP) is 1.59. The lowest BCUT2D eigenvalue weighted by molar-refractivity contribution is 0.0994. The molecule has 15 heavy (non-hydrogen) atoms. The molecule has 0 aliphatic heterocycles. The molecule has 0 bridgehead atoms. The molecular weight excluding hydrogens is 319 g/mol. The summed E-state index contributed by atoms with van der Waals surface area (Å²) in [6, 6.07) is 2.54. The Morgan fingerprint density at radius 3 is 2.67 bits per heavy atom. The Bertz CT molecular complexity index is 456. The zero-order valence-corrected chi connectivity index (χ0v) is 9.33. The molecule has 1 heterocycles. The van der Waals surface area contributed by atoms with Crippen LogP contribution >= 0.6 is 22.6 Å². The highest BCUT2D eigenvalue weighted by Crippen LogP contribution is 2.26. The van der Waals surface area contributed by atoms with Crippen molar-refractivity contribution in [3.63, 3.8) is 0 Å². The van der Waals surface area contributed by atoms with E-state index in [1.165, 1.54) is 22.6 Å². The number of nitrogens with zero attached hydrogens (tertiary/aromatic N) is 2. The molecule has 78 valence electrons. The maximum Gasteiger partial charge on any atom is 0.267 e. The van der Waals surface area contributed by atoms with Gasteiger partial charge in [-0.3, -0.25) is 4.79 Å². The second-order valence-corrected chi connectivity index (χ2v) is 3.56. The first-order valence-electron chi connectivity index (χ1n) is 3.66. The van der Waals surface area contributed by atoms with Crippen molar-refractivity contribution in [1.29, 1.82) is 5.26 Å². The smallest absolute Gasteiger partial charge is 0.267 e. The minimum absolute atomic E-state index is 0.0875. The van der Waals surface area contributed by atoms with Gasteiger partial charge in [-0.2, -0.15) is 5.26 Å². The number of rotatable bonds is 2. The molecule has 1 aromatic rings. The Balaban J connectivity index is 3.46. The number of amides is 1. The normalized spacial score (nSPS) is 10.1. The molecule has 0 spiro atoms. The second-order valence-electron chi connectivity index (χ2n) is 2.54. The van der Waals surface area contributed by atoms with Crippen LogP contribution in [0, 0.1) is 15.0 Å². The van der Waals surface area contributed by atoms with Gasteiger partial charge in [-0.15, -0.1) is 0 Å². The second kappa shape index (κ2) is 4.48. The number of nitrogens with two attached hydrogens (primary N) is 1. The van der Waals surface area contributed by atoms with E-state index in [0.29, 0.717) is 0 Å². The molecule has 7 heteroatoms. The van der Waals surface area contributed by atoms with Gasteiger partial charge in [0.05, 0.1) is 17.2 Å². The molecular formula is C8H4F2IN3O. The molecule has 1 rings (SSSR count). The molecule has 0 atom stereocenters. The van der Waals surface area contributed by atoms with E-state index in [2.05, 4.69) is 4.98 Å². The number of hydrogen-bond acceptors (Lipinski definition) is 3. The molecule has 0 saturated carbocycles. The molecule has 0 unspecified atom stereocenters. The molecule has 0 radical (unpaired) electrons. The molecule has 2 N–H and O–H groups in total. The molecule has 0 aliphatic rings. The molecule has 1 aromatic heterocycles. The van der Waals surface area contributed by atoms with Gasteiger partial charge in [-0.1, -0.05) is 0 Å². The van der Waals surface area contributed by atoms with Crippen molar-refractivity contribution < 1.29 is 13.6 Å². The van der Waals surface area contributed by atoms with Gasteiger partial charge in [-0.25, -0.2) is 13.8 Å². The Hall–Kier alpha value is -1.30. The summed E-state index contributed by atoms with van der Waals surface area (Å²) in [4.78, 5) is 14.3. The highest BCUT2D eigenvalue weighted by molar-refractivity contribution is 14.1. The average Bonchev–Trinajstić information content (AvgIpc) is 2.15. The number of pyridine rings is 1. The number of primary amides is 1. The van der Waals surface area contributed by atoms with Crippen LogP contribution in [0.2, 0.25) is 0 Å². The molecule has 0 saturated heterocycles. The molecule has 0 aliphatic carbocycles. The summed E-state index contributed by atoms with van der Waals surface area (Å²) in [6.07, 6.45) is -2.80. The molecule has 0 aromatic carbocycles. The Kier molecular flexibility index (Phi) is 3.52. The van der Waals surface area contributed by atoms with Gasteiger partial charge >= 0.3 is 0 Å². The predicted molar refractivity (Wildman–Crippen MR) is 55.1 cm³/mol. The highest BCUT2D eigenvalue weighted by atomic mass is 127. The third-order valence-corrected chi connectivity index (χ3v) is 2.43. The largest absolute Gasteiger partial charge is 0.364 e. The first-order valence-corrected chi connectivity index (χ1v) is 4.73. The van der Waals surface area contributed by atoms with Gasteiger partial charge < -0.3 is 5.73 Å². The summed E-state index contributed by atoms with van der Waals surface area (Å²) in [6.45, 7) is 0. The topological polar surface area (TPSA) is 79.8 Å². The maximum atomic E-state index is 12.5. The number of alkyl halides is 2. The van der Waals surface area contributed by atoms with E-state index in [0.717, 1.165) is 6.07 Å². The van der Waals surface area contributed by atoms with E-state index < -0.39 is 17.9 Å². The van der Waals surface area contributed by atoms with Gasteiger partial charge in [-0.05, 0) is 28.7 Å². The van der Waals surface area contributed by atoms with Crippen LogP contribution in [-0.2, 0) is 0 Å². The van der Waals surface area contributed by atoms with Gasteiger partial charge in [0.1, 0.15) is 9.39 Å². The summed E-state index contributed by atoms with van der Waals surface area (Å²) in [5, 5.41) is 8.63. The maximum absolute atomic E-state index is 12.5. The van der Waals surface area contributed by atoms with Gasteiger partial charge in [0.15, 0.2) is 0 Å². The van der Waals surface area contributed by atoms with Crippen LogP contribution < -0.4 is 5.73 Å². The summed E-state index contributed by atoms with van der Waals surface area (Å²) in [7, 11) is 0. The van der Waals surface area contributed by atoms with E-state index in [1.54, 1.807) is 6.07 Å². The minimum atomic E-state index is -2.80. The average molecular weight is 323 g/mol. The number of halogens is 3. The molecule has 0 fully saturated rings. The SMILES string of the molecule is N#Cc1cc(C(N)=O)nc(I)c1C(F)F. The third kappa shape index (κ3) is 2.38. The Morgan fingerprint density at radius 1 is 1.67 bits per heavy atom. The van der Waals surface area contributed by atoms with Crippen molar-refractivity contribution in [2.75, 3.05) is 0 Å². The number of carbonyl (C=O) groups excluding carboxylic acids is 1. The minimum Gasteiger partial charge on any atom is -0.364 e. The molecule has 4 nitrogen and oxygen atoms in total. The Morgan fingerprint density at radius 2 is 2.27 bits per heavy atom. The quantitative estimate of drug-likeness (QED) is 0.663. The van der Waals surface area contributed by atoms with Gasteiger partial charge in [0.2, 0.25) is 0 Å². The van der Waals surface area contributed by atoms with E-state index >= 15 is 0 Å². The van der Waals surface area contributed by atoms with Crippen LogP contribution in [0.5, 0.6) is 0 Å². The fourth-order valence-corrected chi connectivity index (χ4v) is 1.74. The van der Waals surface area contributed by atoms with E-state index in [1.807, 2.05) is 0 Å². The monoisotopic (exact) mass is 323 g/mol. The van der Waals surface area contributed by atoms with E-state index in [4.69, 9.17) is 11.0 Å². The van der Waals surface area contributed by atoms with Crippen molar-refractivity contribution in [3.05, 3.63) is 26.6 Å². The van der Waals surface area contributed by atoms with Crippen LogP contribution in [0.3, 0.4) is 0 Å². The first-order chi connectivity index (χ1) is 6.97. The summed E-state index contributed by atoms with van der Waals surface area (Å²) in [5.41, 5.74) is 3.99. The van der Waals surface area contributed by atoms with Crippen LogP contribution in [0.15, 0.2) is 6.07 Å². The summed E-state index contributed by atoms with van der Waals surface area (Å²) < 4.78 is 24.9. The number of aromatic nitrogens is 1. The van der Waals surface area contributed by atoms with Crippen molar-refractivity contribution >= 4 is 28.5 Å². The van der Waals surface area contributed by atoms with Crippen LogP contribution in [0.1, 0.15) is 28.0 Å². The van der Waals surface area contributed by atoms with Crippen molar-refractivity contribution in [3.8, 4) is 6.07 Å². The van der Waals surface area contributed by atoms with E-state index in [-0.39, 0.29) is 15.0 Å². The van der Waals surface area contributed by atoms with Crippen LogP contribution in [0.25, 0.3) is 0 Å². The first kappa shape index (κ1) is 11.8. The number of carbonyl (C=O) groups is 1. The van der Waals surface area contributed by atoms with Crippen LogP contribution in [0.4, 0.5) is 8.78 Å². The lowest BCUT2D eigenvalue weighted by Gasteiger charge is -2.06. The Labute approximate surface area is 97.2 Å².